The number of halogens is 1. The third-order valence-corrected chi connectivity index (χ3v) is 5.02. The molecule has 2 aromatic carbocycles. The highest BCUT2D eigenvalue weighted by Gasteiger charge is 2.20. The van der Waals surface area contributed by atoms with Crippen molar-refractivity contribution in [2.75, 3.05) is 19.5 Å². The molecule has 32 heavy (non-hydrogen) atoms. The van der Waals surface area contributed by atoms with E-state index in [1.54, 1.807) is 30.3 Å². The number of anilines is 1. The van der Waals surface area contributed by atoms with Crippen LogP contribution in [0.3, 0.4) is 0 Å². The van der Waals surface area contributed by atoms with E-state index in [-0.39, 0.29) is 42.4 Å². The lowest BCUT2D eigenvalue weighted by Crippen LogP contribution is -2.07. The van der Waals surface area contributed by atoms with E-state index in [1.807, 2.05) is 24.3 Å². The zero-order valence-electron chi connectivity index (χ0n) is 17.2. The fourth-order valence-electron chi connectivity index (χ4n) is 3.08. The molecule has 0 bridgehead atoms. The molecular weight excluding hydrogens is 430 g/mol. The standard InChI is InChI=1S/C23H20ClN5O3/c1-31-20-8-4-6-15(22(20)32-14-16-5-2-3-7-19(16)24)11-17(12-25)21-18(13-26)23(27)29(28-21)9-10-30/h2-8,11,30H,9-10,14,27H2,1H3. The molecule has 0 atom stereocenters. The van der Waals surface area contributed by atoms with Crippen molar-refractivity contribution in [2.45, 2.75) is 13.2 Å². The van der Waals surface area contributed by atoms with Gasteiger partial charge in [-0.15, -0.1) is 0 Å². The van der Waals surface area contributed by atoms with Gasteiger partial charge < -0.3 is 20.3 Å². The fourth-order valence-corrected chi connectivity index (χ4v) is 3.27. The summed E-state index contributed by atoms with van der Waals surface area (Å²) in [4.78, 5) is 0. The monoisotopic (exact) mass is 449 g/mol. The van der Waals surface area contributed by atoms with Gasteiger partial charge in [0.25, 0.3) is 0 Å². The lowest BCUT2D eigenvalue weighted by molar-refractivity contribution is 0.270. The van der Waals surface area contributed by atoms with E-state index in [0.29, 0.717) is 22.1 Å². The van der Waals surface area contributed by atoms with Gasteiger partial charge in [0.1, 0.15) is 35.8 Å². The number of allylic oxidation sites excluding steroid dienone is 1. The zero-order chi connectivity index (χ0) is 23.1. The van der Waals surface area contributed by atoms with Crippen LogP contribution in [0.5, 0.6) is 11.5 Å². The molecule has 0 fully saturated rings. The van der Waals surface area contributed by atoms with Crippen LogP contribution in [0.25, 0.3) is 11.6 Å². The number of nitrogen functional groups attached to an aromatic ring is 1. The van der Waals surface area contributed by atoms with Gasteiger partial charge in [-0.2, -0.15) is 15.6 Å². The summed E-state index contributed by atoms with van der Waals surface area (Å²) < 4.78 is 12.7. The van der Waals surface area contributed by atoms with Crippen molar-refractivity contribution in [3.05, 3.63) is 69.9 Å². The predicted octanol–water partition coefficient (Wildman–Crippen LogP) is 3.63. The summed E-state index contributed by atoms with van der Waals surface area (Å²) in [5.74, 6) is 0.955. The Morgan fingerprint density at radius 1 is 1.25 bits per heavy atom. The van der Waals surface area contributed by atoms with E-state index in [0.717, 1.165) is 5.56 Å². The summed E-state index contributed by atoms with van der Waals surface area (Å²) in [6.45, 7) is 0.0760. The normalized spacial score (nSPS) is 11.0. The predicted molar refractivity (Wildman–Crippen MR) is 121 cm³/mol. The molecule has 1 aromatic heterocycles. The molecular formula is C23H20ClN5O3. The number of nitriles is 2. The van der Waals surface area contributed by atoms with Crippen LogP contribution < -0.4 is 15.2 Å². The molecule has 9 heteroatoms. The van der Waals surface area contributed by atoms with Crippen LogP contribution in [0.2, 0.25) is 5.02 Å². The molecule has 0 saturated heterocycles. The maximum absolute atomic E-state index is 9.80. The third kappa shape index (κ3) is 4.68. The first-order chi connectivity index (χ1) is 15.5. The minimum Gasteiger partial charge on any atom is -0.493 e. The van der Waals surface area contributed by atoms with Crippen molar-refractivity contribution in [1.82, 2.24) is 9.78 Å². The summed E-state index contributed by atoms with van der Waals surface area (Å²) >= 11 is 6.23. The number of para-hydroxylation sites is 1. The van der Waals surface area contributed by atoms with Gasteiger partial charge in [-0.1, -0.05) is 41.9 Å². The summed E-state index contributed by atoms with van der Waals surface area (Å²) in [6.07, 6.45) is 1.55. The van der Waals surface area contributed by atoms with Gasteiger partial charge in [0, 0.05) is 16.1 Å². The molecule has 8 nitrogen and oxygen atoms in total. The van der Waals surface area contributed by atoms with Crippen LogP contribution in [-0.4, -0.2) is 28.6 Å². The third-order valence-electron chi connectivity index (χ3n) is 4.65. The van der Waals surface area contributed by atoms with Gasteiger partial charge >= 0.3 is 0 Å². The second-order valence-corrected chi connectivity index (χ2v) is 7.00. The second-order valence-electron chi connectivity index (χ2n) is 6.60. The highest BCUT2D eigenvalue weighted by atomic mass is 35.5. The number of ether oxygens (including phenoxy) is 2. The number of hydrogen-bond acceptors (Lipinski definition) is 7. The maximum atomic E-state index is 9.80. The van der Waals surface area contributed by atoms with Gasteiger partial charge in [0.2, 0.25) is 0 Å². The molecule has 3 N–H and O–H groups in total. The Balaban J connectivity index is 2.05. The maximum Gasteiger partial charge on any atom is 0.168 e. The molecule has 0 amide bonds. The number of nitrogens with two attached hydrogens (primary N) is 1. The molecule has 0 unspecified atom stereocenters. The smallest absolute Gasteiger partial charge is 0.168 e. The molecule has 162 valence electrons. The highest BCUT2D eigenvalue weighted by Crippen LogP contribution is 2.35. The molecule has 0 aliphatic heterocycles. The Bertz CT molecular complexity index is 1240. The van der Waals surface area contributed by atoms with Gasteiger partial charge in [0.05, 0.1) is 25.8 Å². The van der Waals surface area contributed by atoms with E-state index < -0.39 is 0 Å². The van der Waals surface area contributed by atoms with Crippen molar-refractivity contribution in [3.63, 3.8) is 0 Å². The number of benzene rings is 2. The van der Waals surface area contributed by atoms with Gasteiger partial charge in [-0.3, -0.25) is 0 Å². The topological polar surface area (TPSA) is 130 Å². The Morgan fingerprint density at radius 3 is 2.69 bits per heavy atom. The van der Waals surface area contributed by atoms with Crippen molar-refractivity contribution in [1.29, 1.82) is 10.5 Å². The van der Waals surface area contributed by atoms with E-state index in [1.165, 1.54) is 11.8 Å². The van der Waals surface area contributed by atoms with Crippen LogP contribution in [-0.2, 0) is 13.2 Å². The number of nitrogens with zero attached hydrogens (tertiary/aromatic N) is 4. The number of rotatable bonds is 8. The Hall–Kier alpha value is -3.98. The van der Waals surface area contributed by atoms with Crippen LogP contribution >= 0.6 is 11.6 Å². The summed E-state index contributed by atoms with van der Waals surface area (Å²) in [5.41, 5.74) is 7.60. The molecule has 3 rings (SSSR count). The second kappa shape index (κ2) is 10.4. The van der Waals surface area contributed by atoms with Crippen LogP contribution in [0, 0.1) is 22.7 Å². The van der Waals surface area contributed by atoms with Crippen LogP contribution in [0.15, 0.2) is 42.5 Å². The molecule has 0 spiro atoms. The van der Waals surface area contributed by atoms with Crippen molar-refractivity contribution < 1.29 is 14.6 Å². The lowest BCUT2D eigenvalue weighted by Gasteiger charge is -2.14. The number of methoxy groups -OCH3 is 1. The quantitative estimate of drug-likeness (QED) is 0.502. The van der Waals surface area contributed by atoms with Crippen molar-refractivity contribution in [3.8, 4) is 23.6 Å². The van der Waals surface area contributed by atoms with Gasteiger partial charge in [0.15, 0.2) is 11.5 Å². The van der Waals surface area contributed by atoms with Gasteiger partial charge in [-0.25, -0.2) is 4.68 Å². The van der Waals surface area contributed by atoms with E-state index in [9.17, 15) is 15.6 Å². The first-order valence-corrected chi connectivity index (χ1v) is 9.94. The minimum atomic E-state index is -0.211. The Morgan fingerprint density at radius 2 is 2.03 bits per heavy atom. The lowest BCUT2D eigenvalue weighted by atomic mass is 10.0. The first-order valence-electron chi connectivity index (χ1n) is 9.56. The highest BCUT2D eigenvalue weighted by molar-refractivity contribution is 6.31. The largest absolute Gasteiger partial charge is 0.493 e. The molecule has 1 heterocycles. The average molecular weight is 450 g/mol. The number of aliphatic hydroxyl groups excluding tert-OH is 1. The number of aliphatic hydroxyl groups is 1. The van der Waals surface area contributed by atoms with E-state index in [2.05, 4.69) is 11.2 Å². The SMILES string of the molecule is COc1cccc(C=C(C#N)c2nn(CCO)c(N)c2C#N)c1OCc1ccccc1Cl. The summed E-state index contributed by atoms with van der Waals surface area (Å²) in [7, 11) is 1.52. The fraction of sp³-hybridized carbons (Fsp3) is 0.174. The average Bonchev–Trinajstić information content (AvgIpc) is 3.12. The zero-order valence-corrected chi connectivity index (χ0v) is 18.0. The summed E-state index contributed by atoms with van der Waals surface area (Å²) in [6, 6.07) is 16.6. The van der Waals surface area contributed by atoms with Crippen LogP contribution in [0.4, 0.5) is 5.82 Å². The first kappa shape index (κ1) is 22.7. The molecule has 0 aliphatic rings. The van der Waals surface area contributed by atoms with Crippen molar-refractivity contribution >= 4 is 29.1 Å². The van der Waals surface area contributed by atoms with Gasteiger partial charge in [-0.05, 0) is 18.2 Å². The Labute approximate surface area is 190 Å². The number of hydrogen-bond donors (Lipinski definition) is 2. The van der Waals surface area contributed by atoms with E-state index in [4.69, 9.17) is 26.8 Å². The molecule has 0 saturated carbocycles. The molecule has 3 aromatic rings. The molecule has 0 radical (unpaired) electrons. The van der Waals surface area contributed by atoms with Crippen LogP contribution in [0.1, 0.15) is 22.4 Å². The summed E-state index contributed by atoms with van der Waals surface area (Å²) in [5, 5.41) is 33.3. The number of aromatic nitrogens is 2. The van der Waals surface area contributed by atoms with E-state index >= 15 is 0 Å². The Kier molecular flexibility index (Phi) is 7.35. The minimum absolute atomic E-state index is 0.0627. The van der Waals surface area contributed by atoms with Crippen molar-refractivity contribution in [2.24, 2.45) is 0 Å². The molecule has 0 aliphatic carbocycles.